The molecule has 0 heterocycles. The van der Waals surface area contributed by atoms with Gasteiger partial charge in [-0.2, -0.15) is 8.42 Å². The molecule has 0 radical (unpaired) electrons. The van der Waals surface area contributed by atoms with Gasteiger partial charge in [-0.15, -0.1) is 3.89 Å². The lowest BCUT2D eigenvalue weighted by atomic mass is 10.9. The first-order chi connectivity index (χ1) is 3.56. The van der Waals surface area contributed by atoms with Gasteiger partial charge in [0.25, 0.3) is 0 Å². The normalized spacial score (nSPS) is 10.4. The summed E-state index contributed by atoms with van der Waals surface area (Å²) in [6.07, 6.45) is 0. The van der Waals surface area contributed by atoms with Crippen LogP contribution in [0, 0.1) is 0 Å². The Balaban J connectivity index is 0. The number of rotatable bonds is 3. The number of halogens is 2. The van der Waals surface area contributed by atoms with Crippen molar-refractivity contribution in [3.05, 3.63) is 0 Å². The molecule has 0 aromatic carbocycles. The zero-order valence-corrected chi connectivity index (χ0v) is 5.65. The Morgan fingerprint density at radius 2 is 2.00 bits per heavy atom. The minimum absolute atomic E-state index is 0. The molecule has 0 rings (SSSR count). The Hall–Kier alpha value is -0.230. The van der Waals surface area contributed by atoms with E-state index in [-0.39, 0.29) is 11.3 Å². The second-order valence-electron chi connectivity index (χ2n) is 1.24. The molecule has 0 amide bonds. The maximum Gasteiger partial charge on any atom is 0.304 e. The van der Waals surface area contributed by atoms with Crippen molar-refractivity contribution < 1.29 is 21.7 Å². The quantitative estimate of drug-likeness (QED) is 0.552. The van der Waals surface area contributed by atoms with E-state index in [1.165, 1.54) is 7.11 Å². The molecule has 0 saturated heterocycles. The largest absolute Gasteiger partial charge is 0.384 e. The molecule has 0 saturated carbocycles. The third kappa shape index (κ3) is 11.4. The SMILES string of the molecule is COCCS(=O)(=O)F.F. The van der Waals surface area contributed by atoms with E-state index < -0.39 is 16.0 Å². The maximum absolute atomic E-state index is 11.5. The van der Waals surface area contributed by atoms with E-state index >= 15 is 0 Å². The minimum Gasteiger partial charge on any atom is -0.384 e. The standard InChI is InChI=1S/C3H7FO3S.FH/c1-7-2-3-8(4,5)6;/h2-3H2,1H3;1H. The van der Waals surface area contributed by atoms with Crippen LogP contribution in [0.5, 0.6) is 0 Å². The van der Waals surface area contributed by atoms with Crippen LogP contribution >= 0.6 is 0 Å². The van der Waals surface area contributed by atoms with Crippen LogP contribution in [0.4, 0.5) is 8.59 Å². The van der Waals surface area contributed by atoms with E-state index in [0.29, 0.717) is 0 Å². The molecule has 0 aliphatic carbocycles. The molecule has 0 fully saturated rings. The fourth-order valence-corrected chi connectivity index (χ4v) is 0.549. The molecule has 0 aromatic heterocycles. The predicted molar refractivity (Wildman–Crippen MR) is 29.3 cm³/mol. The van der Waals surface area contributed by atoms with Crippen LogP contribution in [0.3, 0.4) is 0 Å². The van der Waals surface area contributed by atoms with Crippen LogP contribution in [0.2, 0.25) is 0 Å². The van der Waals surface area contributed by atoms with Crippen molar-refractivity contribution in [2.24, 2.45) is 0 Å². The Bertz CT molecular complexity index is 141. The average molecular weight is 162 g/mol. The summed E-state index contributed by atoms with van der Waals surface area (Å²) < 4.78 is 35.1. The monoisotopic (exact) mass is 162 g/mol. The van der Waals surface area contributed by atoms with Gasteiger partial charge >= 0.3 is 10.2 Å². The van der Waals surface area contributed by atoms with Crippen LogP contribution in [0.1, 0.15) is 0 Å². The van der Waals surface area contributed by atoms with Crippen molar-refractivity contribution in [2.45, 2.75) is 0 Å². The third-order valence-electron chi connectivity index (χ3n) is 0.531. The zero-order chi connectivity index (χ0) is 6.62. The highest BCUT2D eigenvalue weighted by atomic mass is 32.3. The first-order valence-corrected chi connectivity index (χ1v) is 3.53. The molecule has 0 aliphatic heterocycles. The average Bonchev–Trinajstić information content (AvgIpc) is 1.59. The van der Waals surface area contributed by atoms with Crippen molar-refractivity contribution in [3.8, 4) is 0 Å². The van der Waals surface area contributed by atoms with Gasteiger partial charge in [-0.05, 0) is 0 Å². The van der Waals surface area contributed by atoms with Gasteiger partial charge in [0.15, 0.2) is 0 Å². The van der Waals surface area contributed by atoms with Crippen LogP contribution in [-0.4, -0.2) is 27.9 Å². The highest BCUT2D eigenvalue weighted by Crippen LogP contribution is 1.88. The second-order valence-corrected chi connectivity index (χ2v) is 2.72. The molecule has 0 aliphatic rings. The summed E-state index contributed by atoms with van der Waals surface area (Å²) in [7, 11) is -3.00. The summed E-state index contributed by atoms with van der Waals surface area (Å²) in [6, 6.07) is 0. The van der Waals surface area contributed by atoms with Gasteiger partial charge in [-0.3, -0.25) is 4.70 Å². The molecule has 6 heteroatoms. The van der Waals surface area contributed by atoms with Crippen molar-refractivity contribution in [1.82, 2.24) is 0 Å². The fraction of sp³-hybridized carbons (Fsp3) is 1.00. The third-order valence-corrected chi connectivity index (χ3v) is 1.19. The molecule has 0 spiro atoms. The molecule has 58 valence electrons. The van der Waals surface area contributed by atoms with E-state index in [0.717, 1.165) is 0 Å². The van der Waals surface area contributed by atoms with Crippen LogP contribution in [-0.2, 0) is 15.0 Å². The molecule has 9 heavy (non-hydrogen) atoms. The lowest BCUT2D eigenvalue weighted by Crippen LogP contribution is -2.04. The Kier molecular flexibility index (Phi) is 5.94. The van der Waals surface area contributed by atoms with Gasteiger partial charge in [-0.1, -0.05) is 0 Å². The summed E-state index contributed by atoms with van der Waals surface area (Å²) in [5, 5.41) is 0. The number of hydrogen-bond donors (Lipinski definition) is 0. The Labute approximate surface area is 52.4 Å². The Morgan fingerprint density at radius 3 is 2.11 bits per heavy atom. The van der Waals surface area contributed by atoms with E-state index in [4.69, 9.17) is 0 Å². The fourth-order valence-electron chi connectivity index (χ4n) is 0.183. The molecule has 0 bridgehead atoms. The van der Waals surface area contributed by atoms with E-state index in [2.05, 4.69) is 4.74 Å². The summed E-state index contributed by atoms with van der Waals surface area (Å²) in [5.74, 6) is -0.552. The Morgan fingerprint density at radius 1 is 1.56 bits per heavy atom. The molecule has 0 atom stereocenters. The van der Waals surface area contributed by atoms with Crippen molar-refractivity contribution in [2.75, 3.05) is 19.5 Å². The lowest BCUT2D eigenvalue weighted by Gasteiger charge is -1.89. The maximum atomic E-state index is 11.5. The summed E-state index contributed by atoms with van der Waals surface area (Å²) >= 11 is 0. The van der Waals surface area contributed by atoms with E-state index in [1.54, 1.807) is 0 Å². The van der Waals surface area contributed by atoms with Crippen LogP contribution in [0.15, 0.2) is 0 Å². The zero-order valence-electron chi connectivity index (χ0n) is 4.83. The first kappa shape index (κ1) is 11.6. The van der Waals surface area contributed by atoms with Gasteiger partial charge in [-0.25, -0.2) is 0 Å². The summed E-state index contributed by atoms with van der Waals surface area (Å²) in [5.41, 5.74) is 0. The predicted octanol–water partition coefficient (Wildman–Crippen LogP) is 0.0846. The summed E-state index contributed by atoms with van der Waals surface area (Å²) in [4.78, 5) is 0. The van der Waals surface area contributed by atoms with Crippen molar-refractivity contribution >= 4 is 10.2 Å². The van der Waals surface area contributed by atoms with E-state index in [9.17, 15) is 12.3 Å². The molecule has 3 nitrogen and oxygen atoms in total. The highest BCUT2D eigenvalue weighted by molar-refractivity contribution is 7.86. The molecular weight excluding hydrogens is 154 g/mol. The van der Waals surface area contributed by atoms with Crippen LogP contribution < -0.4 is 0 Å². The summed E-state index contributed by atoms with van der Waals surface area (Å²) in [6.45, 7) is -0.0845. The minimum atomic E-state index is -4.31. The van der Waals surface area contributed by atoms with Crippen molar-refractivity contribution in [3.63, 3.8) is 0 Å². The van der Waals surface area contributed by atoms with E-state index in [1.807, 2.05) is 0 Å². The van der Waals surface area contributed by atoms with Gasteiger partial charge in [0.1, 0.15) is 5.75 Å². The number of ether oxygens (including phenoxy) is 1. The van der Waals surface area contributed by atoms with Gasteiger partial charge < -0.3 is 4.74 Å². The lowest BCUT2D eigenvalue weighted by molar-refractivity contribution is 0.216. The molecule has 0 N–H and O–H groups in total. The molecular formula is C3H8F2O3S. The highest BCUT2D eigenvalue weighted by Gasteiger charge is 2.03. The first-order valence-electron chi connectivity index (χ1n) is 1.97. The molecule has 0 unspecified atom stereocenters. The second kappa shape index (κ2) is 4.63. The smallest absolute Gasteiger partial charge is 0.304 e. The van der Waals surface area contributed by atoms with Gasteiger partial charge in [0.05, 0.1) is 6.61 Å². The van der Waals surface area contributed by atoms with Gasteiger partial charge in [0, 0.05) is 7.11 Å². The topological polar surface area (TPSA) is 43.4 Å². The van der Waals surface area contributed by atoms with Crippen LogP contribution in [0.25, 0.3) is 0 Å². The number of methoxy groups -OCH3 is 1. The molecule has 0 aromatic rings. The number of hydrogen-bond acceptors (Lipinski definition) is 3. The van der Waals surface area contributed by atoms with Crippen molar-refractivity contribution in [1.29, 1.82) is 0 Å². The van der Waals surface area contributed by atoms with Gasteiger partial charge in [0.2, 0.25) is 0 Å².